The molecule has 0 fully saturated rings. The number of nitrogens with zero attached hydrogens (tertiary/aromatic N) is 1. The van der Waals surface area contributed by atoms with Crippen molar-refractivity contribution in [2.45, 2.75) is 6.54 Å². The van der Waals surface area contributed by atoms with E-state index in [1.807, 2.05) is 0 Å². The van der Waals surface area contributed by atoms with Gasteiger partial charge in [-0.25, -0.2) is 4.98 Å². The third kappa shape index (κ3) is 2.83. The van der Waals surface area contributed by atoms with Gasteiger partial charge < -0.3 is 5.73 Å². The summed E-state index contributed by atoms with van der Waals surface area (Å²) in [6.07, 6.45) is 0. The first kappa shape index (κ1) is 11.0. The molecule has 62 valence electrons. The van der Waals surface area contributed by atoms with Crippen LogP contribution in [-0.2, 0) is 6.54 Å². The highest BCUT2D eigenvalue weighted by Crippen LogP contribution is 2.15. The number of pyridine rings is 1. The first-order valence-corrected chi connectivity index (χ1v) is 3.50. The maximum Gasteiger partial charge on any atom is 0.135 e. The van der Waals surface area contributed by atoms with Crippen LogP contribution in [0.3, 0.4) is 0 Å². The van der Waals surface area contributed by atoms with Crippen LogP contribution in [0.2, 0.25) is 10.3 Å². The van der Waals surface area contributed by atoms with E-state index < -0.39 is 0 Å². The van der Waals surface area contributed by atoms with E-state index in [2.05, 4.69) is 4.98 Å². The van der Waals surface area contributed by atoms with Crippen LogP contribution >= 0.6 is 35.6 Å². The second-order valence-electron chi connectivity index (χ2n) is 1.79. The van der Waals surface area contributed by atoms with Gasteiger partial charge in [-0.1, -0.05) is 29.3 Å². The first-order valence-electron chi connectivity index (χ1n) is 2.75. The molecule has 1 heterocycles. The van der Waals surface area contributed by atoms with E-state index >= 15 is 0 Å². The predicted molar refractivity (Wildman–Crippen MR) is 49.4 cm³/mol. The summed E-state index contributed by atoms with van der Waals surface area (Å²) in [6.45, 7) is 0.392. The van der Waals surface area contributed by atoms with Gasteiger partial charge in [0.2, 0.25) is 0 Å². The molecule has 0 radical (unpaired) electrons. The fourth-order valence-electron chi connectivity index (χ4n) is 0.593. The Labute approximate surface area is 81.1 Å². The standard InChI is InChI=1S/C6H6Cl2N2.ClH/c7-5-2-1-4(3-9)6(8)10-5;/h1-2H,3,9H2;1H. The molecule has 2 N–H and O–H groups in total. The molecule has 0 spiro atoms. The van der Waals surface area contributed by atoms with Gasteiger partial charge in [0.25, 0.3) is 0 Å². The van der Waals surface area contributed by atoms with E-state index in [9.17, 15) is 0 Å². The van der Waals surface area contributed by atoms with Crippen LogP contribution in [0.15, 0.2) is 12.1 Å². The summed E-state index contributed by atoms with van der Waals surface area (Å²) < 4.78 is 0. The molecule has 0 amide bonds. The van der Waals surface area contributed by atoms with E-state index in [4.69, 9.17) is 28.9 Å². The van der Waals surface area contributed by atoms with Gasteiger partial charge in [0.1, 0.15) is 10.3 Å². The lowest BCUT2D eigenvalue weighted by Gasteiger charge is -1.97. The Morgan fingerprint density at radius 2 is 2.00 bits per heavy atom. The molecule has 0 aliphatic carbocycles. The van der Waals surface area contributed by atoms with Crippen molar-refractivity contribution in [3.63, 3.8) is 0 Å². The Balaban J connectivity index is 0.000001000. The van der Waals surface area contributed by atoms with Gasteiger partial charge in [-0.2, -0.15) is 0 Å². The SMILES string of the molecule is Cl.NCc1ccc(Cl)nc1Cl. The fraction of sp³-hybridized carbons (Fsp3) is 0.167. The van der Waals surface area contributed by atoms with Crippen molar-refractivity contribution in [1.82, 2.24) is 4.98 Å². The maximum absolute atomic E-state index is 5.65. The van der Waals surface area contributed by atoms with Crippen molar-refractivity contribution in [2.24, 2.45) is 5.73 Å². The topological polar surface area (TPSA) is 38.9 Å². The summed E-state index contributed by atoms with van der Waals surface area (Å²) in [4.78, 5) is 3.80. The average Bonchev–Trinajstić information content (AvgIpc) is 1.88. The fourth-order valence-corrected chi connectivity index (χ4v) is 1.02. The van der Waals surface area contributed by atoms with Crippen molar-refractivity contribution in [3.8, 4) is 0 Å². The number of hydrogen-bond donors (Lipinski definition) is 1. The summed E-state index contributed by atoms with van der Waals surface area (Å²) in [5.74, 6) is 0. The first-order chi connectivity index (χ1) is 4.74. The Hall–Kier alpha value is -0.0200. The summed E-state index contributed by atoms with van der Waals surface area (Å²) in [5.41, 5.74) is 6.14. The molecule has 0 atom stereocenters. The van der Waals surface area contributed by atoms with Crippen LogP contribution in [0.5, 0.6) is 0 Å². The zero-order chi connectivity index (χ0) is 7.56. The Morgan fingerprint density at radius 1 is 1.36 bits per heavy atom. The van der Waals surface area contributed by atoms with Crippen LogP contribution in [0.25, 0.3) is 0 Å². The van der Waals surface area contributed by atoms with Gasteiger partial charge in [0.15, 0.2) is 0 Å². The monoisotopic (exact) mass is 212 g/mol. The largest absolute Gasteiger partial charge is 0.326 e. The molecule has 0 saturated carbocycles. The van der Waals surface area contributed by atoms with Crippen molar-refractivity contribution in [1.29, 1.82) is 0 Å². The third-order valence-corrected chi connectivity index (χ3v) is 1.65. The minimum atomic E-state index is 0. The normalized spacial score (nSPS) is 9.00. The van der Waals surface area contributed by atoms with Crippen LogP contribution in [0.4, 0.5) is 0 Å². The number of hydrogen-bond acceptors (Lipinski definition) is 2. The minimum absolute atomic E-state index is 0. The minimum Gasteiger partial charge on any atom is -0.326 e. The lowest BCUT2D eigenvalue weighted by Crippen LogP contribution is -1.97. The molecule has 1 aromatic rings. The molecule has 2 nitrogen and oxygen atoms in total. The van der Waals surface area contributed by atoms with Crippen LogP contribution in [0.1, 0.15) is 5.56 Å². The summed E-state index contributed by atoms with van der Waals surface area (Å²) >= 11 is 11.2. The van der Waals surface area contributed by atoms with E-state index in [0.717, 1.165) is 5.56 Å². The molecule has 0 unspecified atom stereocenters. The van der Waals surface area contributed by atoms with Gasteiger partial charge in [0, 0.05) is 12.1 Å². The van der Waals surface area contributed by atoms with Crippen LogP contribution < -0.4 is 5.73 Å². The summed E-state index contributed by atoms with van der Waals surface area (Å²) in [5, 5.41) is 0.775. The van der Waals surface area contributed by atoms with Gasteiger partial charge in [-0.05, 0) is 6.07 Å². The Bertz CT molecular complexity index is 239. The van der Waals surface area contributed by atoms with E-state index in [-0.39, 0.29) is 12.4 Å². The highest BCUT2D eigenvalue weighted by atomic mass is 35.5. The van der Waals surface area contributed by atoms with Crippen molar-refractivity contribution in [2.75, 3.05) is 0 Å². The molecule has 1 aromatic heterocycles. The quantitative estimate of drug-likeness (QED) is 0.727. The molecule has 1 rings (SSSR count). The average molecular weight is 213 g/mol. The van der Waals surface area contributed by atoms with Crippen molar-refractivity contribution in [3.05, 3.63) is 28.0 Å². The molecular weight excluding hydrogens is 206 g/mol. The maximum atomic E-state index is 5.65. The van der Waals surface area contributed by atoms with Gasteiger partial charge in [-0.3, -0.25) is 0 Å². The van der Waals surface area contributed by atoms with E-state index in [1.165, 1.54) is 0 Å². The van der Waals surface area contributed by atoms with Crippen molar-refractivity contribution >= 4 is 35.6 Å². The summed E-state index contributed by atoms with van der Waals surface area (Å²) in [6, 6.07) is 3.42. The zero-order valence-electron chi connectivity index (χ0n) is 5.55. The van der Waals surface area contributed by atoms with Crippen molar-refractivity contribution < 1.29 is 0 Å². The Morgan fingerprint density at radius 3 is 2.45 bits per heavy atom. The third-order valence-electron chi connectivity index (χ3n) is 1.11. The highest BCUT2D eigenvalue weighted by molar-refractivity contribution is 6.32. The molecule has 0 aliphatic heterocycles. The molecule has 0 aromatic carbocycles. The second-order valence-corrected chi connectivity index (χ2v) is 2.53. The molecule has 5 heteroatoms. The zero-order valence-corrected chi connectivity index (χ0v) is 7.88. The second kappa shape index (κ2) is 4.78. The van der Waals surface area contributed by atoms with Crippen LogP contribution in [0, 0.1) is 0 Å². The lowest BCUT2D eigenvalue weighted by atomic mass is 10.3. The number of aromatic nitrogens is 1. The molecule has 0 saturated heterocycles. The summed E-state index contributed by atoms with van der Waals surface area (Å²) in [7, 11) is 0. The number of rotatable bonds is 1. The number of halogens is 3. The van der Waals surface area contributed by atoms with Crippen LogP contribution in [-0.4, -0.2) is 4.98 Å². The van der Waals surface area contributed by atoms with Gasteiger partial charge >= 0.3 is 0 Å². The predicted octanol–water partition coefficient (Wildman–Crippen LogP) is 2.27. The van der Waals surface area contributed by atoms with E-state index in [1.54, 1.807) is 12.1 Å². The highest BCUT2D eigenvalue weighted by Gasteiger charge is 1.98. The van der Waals surface area contributed by atoms with Gasteiger partial charge in [0.05, 0.1) is 0 Å². The van der Waals surface area contributed by atoms with E-state index in [0.29, 0.717) is 16.9 Å². The molecule has 0 bridgehead atoms. The smallest absolute Gasteiger partial charge is 0.135 e. The van der Waals surface area contributed by atoms with Gasteiger partial charge in [-0.15, -0.1) is 12.4 Å². The Kier molecular flexibility index (Phi) is 4.77. The molecule has 0 aliphatic rings. The lowest BCUT2D eigenvalue weighted by molar-refractivity contribution is 1.05. The molecule has 11 heavy (non-hydrogen) atoms. The number of nitrogens with two attached hydrogens (primary N) is 1. The molecular formula is C6H7Cl3N2.